The number of nitriles is 2. The summed E-state index contributed by atoms with van der Waals surface area (Å²) in [6.07, 6.45) is 7.09. The summed E-state index contributed by atoms with van der Waals surface area (Å²) >= 11 is 1.55. The van der Waals surface area contributed by atoms with Crippen LogP contribution < -0.4 is 4.90 Å². The van der Waals surface area contributed by atoms with Gasteiger partial charge in [-0.2, -0.15) is 10.5 Å². The van der Waals surface area contributed by atoms with E-state index in [4.69, 9.17) is 0 Å². The first-order chi connectivity index (χ1) is 16.7. The molecule has 0 N–H and O–H groups in total. The van der Waals surface area contributed by atoms with E-state index >= 15 is 0 Å². The third-order valence-electron chi connectivity index (χ3n) is 5.85. The molecule has 0 atom stereocenters. The molecule has 3 aromatic rings. The Kier molecular flexibility index (Phi) is 5.79. The smallest absolute Gasteiger partial charge is 0.190 e. The number of para-hydroxylation sites is 2. The molecular formula is C29H19N3OS. The molecule has 34 heavy (non-hydrogen) atoms. The summed E-state index contributed by atoms with van der Waals surface area (Å²) in [7, 11) is 0. The van der Waals surface area contributed by atoms with Gasteiger partial charge in [-0.15, -0.1) is 11.3 Å². The Morgan fingerprint density at radius 3 is 2.18 bits per heavy atom. The molecule has 5 heteroatoms. The van der Waals surface area contributed by atoms with Crippen molar-refractivity contribution in [2.45, 2.75) is 12.8 Å². The number of allylic oxidation sites excluding steroid dienone is 7. The zero-order valence-electron chi connectivity index (χ0n) is 18.2. The molecular weight excluding hydrogens is 438 g/mol. The highest BCUT2D eigenvalue weighted by molar-refractivity contribution is 7.17. The highest BCUT2D eigenvalue weighted by atomic mass is 32.1. The maximum Gasteiger partial charge on any atom is 0.190 e. The van der Waals surface area contributed by atoms with Crippen LogP contribution in [0.1, 0.15) is 17.7 Å². The fraction of sp³-hybridized carbons (Fsp3) is 0.0690. The van der Waals surface area contributed by atoms with Crippen LogP contribution in [-0.4, -0.2) is 5.78 Å². The molecule has 2 aliphatic carbocycles. The summed E-state index contributed by atoms with van der Waals surface area (Å²) in [5, 5.41) is 20.1. The van der Waals surface area contributed by atoms with Crippen LogP contribution in [0, 0.1) is 22.7 Å². The first-order valence-electron chi connectivity index (χ1n) is 10.9. The maximum absolute atomic E-state index is 13.3. The topological polar surface area (TPSA) is 67.9 Å². The summed E-state index contributed by atoms with van der Waals surface area (Å²) in [6.45, 7) is 0. The third kappa shape index (κ3) is 3.79. The lowest BCUT2D eigenvalue weighted by atomic mass is 9.95. The Balaban J connectivity index is 1.60. The number of thiophene rings is 1. The van der Waals surface area contributed by atoms with Gasteiger partial charge in [0.2, 0.25) is 0 Å². The predicted molar refractivity (Wildman–Crippen MR) is 136 cm³/mol. The average molecular weight is 458 g/mol. The van der Waals surface area contributed by atoms with Crippen molar-refractivity contribution in [2.75, 3.05) is 4.90 Å². The van der Waals surface area contributed by atoms with Gasteiger partial charge in [-0.3, -0.25) is 4.79 Å². The fourth-order valence-corrected chi connectivity index (χ4v) is 5.33. The lowest BCUT2D eigenvalue weighted by Gasteiger charge is -2.23. The monoisotopic (exact) mass is 457 g/mol. The number of hydrogen-bond donors (Lipinski definition) is 0. The molecule has 5 rings (SSSR count). The van der Waals surface area contributed by atoms with Gasteiger partial charge in [0, 0.05) is 33.0 Å². The van der Waals surface area contributed by atoms with Crippen LogP contribution >= 0.6 is 11.3 Å². The number of rotatable bonds is 4. The molecule has 0 unspecified atom stereocenters. The van der Waals surface area contributed by atoms with E-state index in [0.717, 1.165) is 27.7 Å². The molecule has 0 spiro atoms. The number of ketones is 1. The van der Waals surface area contributed by atoms with Gasteiger partial charge in [-0.25, -0.2) is 0 Å². The van der Waals surface area contributed by atoms with Crippen LogP contribution in [0.2, 0.25) is 0 Å². The number of carbonyl (C=O) groups is 1. The molecule has 0 bridgehead atoms. The molecule has 0 radical (unpaired) electrons. The highest BCUT2D eigenvalue weighted by Crippen LogP contribution is 2.43. The fourth-order valence-electron chi connectivity index (χ4n) is 4.34. The van der Waals surface area contributed by atoms with Crippen LogP contribution in [0.15, 0.2) is 113 Å². The van der Waals surface area contributed by atoms with Gasteiger partial charge < -0.3 is 4.90 Å². The second-order valence-electron chi connectivity index (χ2n) is 7.88. The zero-order chi connectivity index (χ0) is 23.5. The van der Waals surface area contributed by atoms with Crippen LogP contribution in [0.4, 0.5) is 16.4 Å². The van der Waals surface area contributed by atoms with Gasteiger partial charge in [0.1, 0.15) is 22.7 Å². The standard InChI is InChI=1S/C29H19N3OS/c30-18-20(19-31)28-24-13-7-8-14-25(24)29(33)26(28)17-23-15-16-27(34-23)32(21-9-3-1-4-10-21)22-11-5-2-6-12-22/h1-7,9-13,15-17H,8,14H2/b26-17-. The van der Waals surface area contributed by atoms with Crippen LogP contribution in [0.25, 0.3) is 6.08 Å². The minimum Gasteiger partial charge on any atom is -0.302 e. The molecule has 0 saturated heterocycles. The molecule has 1 heterocycles. The Morgan fingerprint density at radius 2 is 1.56 bits per heavy atom. The van der Waals surface area contributed by atoms with Crippen molar-refractivity contribution < 1.29 is 4.79 Å². The molecule has 162 valence electrons. The van der Waals surface area contributed by atoms with Gasteiger partial charge in [-0.1, -0.05) is 48.6 Å². The summed E-state index contributed by atoms with van der Waals surface area (Å²) < 4.78 is 0. The third-order valence-corrected chi connectivity index (χ3v) is 6.87. The van der Waals surface area contributed by atoms with Crippen molar-refractivity contribution in [1.82, 2.24) is 0 Å². The molecule has 4 nitrogen and oxygen atoms in total. The van der Waals surface area contributed by atoms with E-state index in [1.807, 2.05) is 78.9 Å². The Bertz CT molecular complexity index is 1420. The van der Waals surface area contributed by atoms with Gasteiger partial charge >= 0.3 is 0 Å². The molecule has 0 fully saturated rings. The molecule has 0 aliphatic heterocycles. The Hall–Kier alpha value is -4.45. The van der Waals surface area contributed by atoms with Crippen LogP contribution in [-0.2, 0) is 4.79 Å². The van der Waals surface area contributed by atoms with Gasteiger partial charge in [-0.05, 0) is 60.9 Å². The van der Waals surface area contributed by atoms with Crippen molar-refractivity contribution in [3.63, 3.8) is 0 Å². The number of anilines is 3. The van der Waals surface area contributed by atoms with Crippen molar-refractivity contribution in [1.29, 1.82) is 10.5 Å². The average Bonchev–Trinajstić information content (AvgIpc) is 3.45. The summed E-state index contributed by atoms with van der Waals surface area (Å²) in [5.74, 6) is -0.0877. The Morgan fingerprint density at radius 1 is 0.912 bits per heavy atom. The quantitative estimate of drug-likeness (QED) is 0.307. The maximum atomic E-state index is 13.3. The lowest BCUT2D eigenvalue weighted by Crippen LogP contribution is -2.07. The summed E-state index contributed by atoms with van der Waals surface area (Å²) in [5.41, 5.74) is 4.33. The van der Waals surface area contributed by atoms with Crippen LogP contribution in [0.3, 0.4) is 0 Å². The summed E-state index contributed by atoms with van der Waals surface area (Å²) in [4.78, 5) is 16.3. The van der Waals surface area contributed by atoms with Crippen molar-refractivity contribution in [2.24, 2.45) is 0 Å². The molecule has 0 amide bonds. The number of benzene rings is 2. The molecule has 2 aromatic carbocycles. The normalized spacial score (nSPS) is 15.8. The number of hydrogen-bond acceptors (Lipinski definition) is 5. The van der Waals surface area contributed by atoms with Gasteiger partial charge in [0.25, 0.3) is 0 Å². The first-order valence-corrected chi connectivity index (χ1v) is 11.7. The van der Waals surface area contributed by atoms with Crippen molar-refractivity contribution >= 4 is 39.6 Å². The minimum atomic E-state index is -0.0877. The van der Waals surface area contributed by atoms with Gasteiger partial charge in [0.05, 0.1) is 0 Å². The van der Waals surface area contributed by atoms with Crippen LogP contribution in [0.5, 0.6) is 0 Å². The largest absolute Gasteiger partial charge is 0.302 e. The van der Waals surface area contributed by atoms with Gasteiger partial charge in [0.15, 0.2) is 5.78 Å². The van der Waals surface area contributed by atoms with E-state index in [9.17, 15) is 15.3 Å². The van der Waals surface area contributed by atoms with E-state index < -0.39 is 0 Å². The molecule has 0 saturated carbocycles. The first kappa shape index (κ1) is 21.4. The number of carbonyl (C=O) groups excluding carboxylic acids is 1. The molecule has 1 aromatic heterocycles. The van der Waals surface area contributed by atoms with E-state index in [0.29, 0.717) is 28.7 Å². The van der Waals surface area contributed by atoms with E-state index in [-0.39, 0.29) is 11.4 Å². The molecule has 2 aliphatic rings. The lowest BCUT2D eigenvalue weighted by molar-refractivity contribution is -0.111. The van der Waals surface area contributed by atoms with Crippen molar-refractivity contribution in [3.05, 3.63) is 118 Å². The Labute approximate surface area is 202 Å². The second kappa shape index (κ2) is 9.19. The zero-order valence-corrected chi connectivity index (χ0v) is 19.0. The predicted octanol–water partition coefficient (Wildman–Crippen LogP) is 7.17. The minimum absolute atomic E-state index is 0.0249. The van der Waals surface area contributed by atoms with E-state index in [2.05, 4.69) is 29.2 Å². The highest BCUT2D eigenvalue weighted by Gasteiger charge is 2.34. The SMILES string of the molecule is N#CC(C#N)=C1C2=C(CCC=C2)C(=O)/C1=C\c1ccc(N(c2ccccc2)c2ccccc2)s1. The van der Waals surface area contributed by atoms with E-state index in [1.54, 1.807) is 11.3 Å². The second-order valence-corrected chi connectivity index (χ2v) is 8.97. The number of Topliss-reactive ketones (excluding diaryl/α,β-unsaturated/α-hetero) is 1. The van der Waals surface area contributed by atoms with E-state index in [1.165, 1.54) is 0 Å². The summed E-state index contributed by atoms with van der Waals surface area (Å²) in [6, 6.07) is 28.2. The number of nitrogens with zero attached hydrogens (tertiary/aromatic N) is 3. The van der Waals surface area contributed by atoms with Crippen molar-refractivity contribution in [3.8, 4) is 12.1 Å².